The second-order valence-corrected chi connectivity index (χ2v) is 7.73. The molecule has 1 aliphatic heterocycles. The van der Waals surface area contributed by atoms with E-state index in [1.54, 1.807) is 18.1 Å². The molecule has 5 nitrogen and oxygen atoms in total. The summed E-state index contributed by atoms with van der Waals surface area (Å²) in [6.45, 7) is 13.3. The fourth-order valence-corrected chi connectivity index (χ4v) is 3.87. The summed E-state index contributed by atoms with van der Waals surface area (Å²) >= 11 is 1.76. The molecule has 0 saturated carbocycles. The van der Waals surface area contributed by atoms with Gasteiger partial charge < -0.3 is 9.80 Å². The van der Waals surface area contributed by atoms with Crippen molar-refractivity contribution >= 4 is 17.6 Å². The average Bonchev–Trinajstić information content (AvgIpc) is 2.75. The lowest BCUT2D eigenvalue weighted by molar-refractivity contribution is 0.205. The molecule has 0 unspecified atom stereocenters. The third-order valence-electron chi connectivity index (χ3n) is 5.36. The molecule has 2 aromatic rings. The van der Waals surface area contributed by atoms with Crippen molar-refractivity contribution in [1.29, 1.82) is 0 Å². The Labute approximate surface area is 167 Å². The maximum Gasteiger partial charge on any atom is 0.132 e. The second kappa shape index (κ2) is 10.1. The third kappa shape index (κ3) is 5.43. The highest BCUT2D eigenvalue weighted by Gasteiger charge is 2.18. The molecule has 2 heterocycles. The van der Waals surface area contributed by atoms with Gasteiger partial charge in [-0.3, -0.25) is 4.90 Å². The fourth-order valence-electron chi connectivity index (χ4n) is 3.46. The summed E-state index contributed by atoms with van der Waals surface area (Å²) in [6, 6.07) is 10.7. The minimum Gasteiger partial charge on any atom is -0.354 e. The second-order valence-electron chi connectivity index (χ2n) is 6.85. The van der Waals surface area contributed by atoms with Gasteiger partial charge in [-0.2, -0.15) is 0 Å². The van der Waals surface area contributed by atoms with E-state index < -0.39 is 0 Å². The van der Waals surface area contributed by atoms with Gasteiger partial charge in [-0.1, -0.05) is 26.0 Å². The monoisotopic (exact) mass is 385 g/mol. The van der Waals surface area contributed by atoms with E-state index in [4.69, 9.17) is 0 Å². The van der Waals surface area contributed by atoms with Gasteiger partial charge in [0.2, 0.25) is 0 Å². The predicted molar refractivity (Wildman–Crippen MR) is 116 cm³/mol. The molecule has 0 aliphatic carbocycles. The van der Waals surface area contributed by atoms with E-state index in [2.05, 4.69) is 75.1 Å². The Hall–Kier alpha value is -1.63. The van der Waals surface area contributed by atoms with Crippen LogP contribution in [0.5, 0.6) is 0 Å². The first-order chi connectivity index (χ1) is 13.2. The van der Waals surface area contributed by atoms with Crippen molar-refractivity contribution in [1.82, 2.24) is 19.8 Å². The summed E-state index contributed by atoms with van der Waals surface area (Å²) in [5, 5.41) is 0. The number of hydrogen-bond donors (Lipinski definition) is 0. The molecule has 0 bridgehead atoms. The molecule has 1 aromatic carbocycles. The number of aromatic nitrogens is 2. The van der Waals surface area contributed by atoms with Crippen molar-refractivity contribution in [3.63, 3.8) is 0 Å². The largest absolute Gasteiger partial charge is 0.354 e. The highest BCUT2D eigenvalue weighted by Crippen LogP contribution is 2.24. The molecular weight excluding hydrogens is 354 g/mol. The molecule has 1 aliphatic rings. The van der Waals surface area contributed by atoms with Gasteiger partial charge in [-0.05, 0) is 31.5 Å². The smallest absolute Gasteiger partial charge is 0.132 e. The SMILES string of the molecule is CCN(CC)CCN1CCN(c2cc(-c3ccc(SC)cc3)ncn2)CC1. The minimum absolute atomic E-state index is 0.997. The van der Waals surface area contributed by atoms with Gasteiger partial charge in [0, 0.05) is 55.8 Å². The molecule has 0 radical (unpaired) electrons. The van der Waals surface area contributed by atoms with Crippen LogP contribution >= 0.6 is 11.8 Å². The van der Waals surface area contributed by atoms with Crippen LogP contribution in [0.4, 0.5) is 5.82 Å². The van der Waals surface area contributed by atoms with E-state index in [-0.39, 0.29) is 0 Å². The molecular formula is C21H31N5S. The van der Waals surface area contributed by atoms with Gasteiger partial charge in [-0.25, -0.2) is 9.97 Å². The number of anilines is 1. The molecule has 146 valence electrons. The number of likely N-dealkylation sites (N-methyl/N-ethyl adjacent to an activating group) is 1. The van der Waals surface area contributed by atoms with Crippen LogP contribution in [0.3, 0.4) is 0 Å². The molecule has 0 N–H and O–H groups in total. The molecule has 1 saturated heterocycles. The molecule has 6 heteroatoms. The Morgan fingerprint density at radius 2 is 1.70 bits per heavy atom. The summed E-state index contributed by atoms with van der Waals surface area (Å²) in [5.74, 6) is 1.04. The first-order valence-electron chi connectivity index (χ1n) is 9.89. The molecule has 0 spiro atoms. The molecule has 0 atom stereocenters. The Bertz CT molecular complexity index is 694. The van der Waals surface area contributed by atoms with Gasteiger partial charge in [-0.15, -0.1) is 11.8 Å². The third-order valence-corrected chi connectivity index (χ3v) is 6.11. The Morgan fingerprint density at radius 1 is 1.00 bits per heavy atom. The summed E-state index contributed by atoms with van der Waals surface area (Å²) in [4.78, 5) is 17.7. The standard InChI is InChI=1S/C21H31N5S/c1-4-24(5-2)10-11-25-12-14-26(15-13-25)21-16-20(22-17-23-21)18-6-8-19(27-3)9-7-18/h6-9,16-17H,4-5,10-15H2,1-3H3. The van der Waals surface area contributed by atoms with Crippen LogP contribution in [0, 0.1) is 0 Å². The zero-order valence-corrected chi connectivity index (χ0v) is 17.6. The van der Waals surface area contributed by atoms with Gasteiger partial charge in [0.05, 0.1) is 5.69 Å². The van der Waals surface area contributed by atoms with Crippen LogP contribution in [0.15, 0.2) is 41.6 Å². The minimum atomic E-state index is 0.997. The Kier molecular flexibility index (Phi) is 7.50. The normalized spacial score (nSPS) is 15.5. The summed E-state index contributed by atoms with van der Waals surface area (Å²) in [7, 11) is 0. The lowest BCUT2D eigenvalue weighted by Crippen LogP contribution is -2.48. The van der Waals surface area contributed by atoms with Crippen LogP contribution in [-0.4, -0.2) is 78.4 Å². The molecule has 1 aromatic heterocycles. The lowest BCUT2D eigenvalue weighted by Gasteiger charge is -2.36. The van der Waals surface area contributed by atoms with Crippen molar-refractivity contribution in [2.45, 2.75) is 18.7 Å². The molecule has 1 fully saturated rings. The maximum absolute atomic E-state index is 4.53. The van der Waals surface area contributed by atoms with Gasteiger partial charge in [0.25, 0.3) is 0 Å². The summed E-state index contributed by atoms with van der Waals surface area (Å²) < 4.78 is 0. The van der Waals surface area contributed by atoms with Crippen LogP contribution in [0.2, 0.25) is 0 Å². The quantitative estimate of drug-likeness (QED) is 0.649. The first kappa shape index (κ1) is 20.1. The number of thioether (sulfide) groups is 1. The van der Waals surface area contributed by atoms with Crippen molar-refractivity contribution in [2.75, 3.05) is 63.5 Å². The fraction of sp³-hybridized carbons (Fsp3) is 0.524. The Balaban J connectivity index is 1.58. The van der Waals surface area contributed by atoms with E-state index in [0.29, 0.717) is 0 Å². The van der Waals surface area contributed by atoms with Crippen molar-refractivity contribution in [3.8, 4) is 11.3 Å². The average molecular weight is 386 g/mol. The van der Waals surface area contributed by atoms with E-state index in [9.17, 15) is 0 Å². The highest BCUT2D eigenvalue weighted by atomic mass is 32.2. The van der Waals surface area contributed by atoms with Crippen molar-refractivity contribution in [3.05, 3.63) is 36.7 Å². The van der Waals surface area contributed by atoms with Crippen LogP contribution in [0.1, 0.15) is 13.8 Å². The zero-order valence-electron chi connectivity index (χ0n) is 16.8. The molecule has 0 amide bonds. The van der Waals surface area contributed by atoms with Gasteiger partial charge in [0.1, 0.15) is 12.1 Å². The maximum atomic E-state index is 4.53. The summed E-state index contributed by atoms with van der Waals surface area (Å²) in [6.07, 6.45) is 3.79. The number of piperazine rings is 1. The van der Waals surface area contributed by atoms with Crippen molar-refractivity contribution in [2.24, 2.45) is 0 Å². The van der Waals surface area contributed by atoms with Crippen LogP contribution < -0.4 is 4.90 Å². The molecule has 3 rings (SSSR count). The summed E-state index contributed by atoms with van der Waals surface area (Å²) in [5.41, 5.74) is 2.14. The van der Waals surface area contributed by atoms with Crippen molar-refractivity contribution < 1.29 is 0 Å². The number of hydrogen-bond acceptors (Lipinski definition) is 6. The zero-order chi connectivity index (χ0) is 19.1. The first-order valence-corrected chi connectivity index (χ1v) is 11.1. The van der Waals surface area contributed by atoms with Crippen LogP contribution in [0.25, 0.3) is 11.3 Å². The number of rotatable bonds is 8. The number of benzene rings is 1. The van der Waals surface area contributed by atoms with Gasteiger partial charge in [0.15, 0.2) is 0 Å². The van der Waals surface area contributed by atoms with Gasteiger partial charge >= 0.3 is 0 Å². The van der Waals surface area contributed by atoms with E-state index in [0.717, 1.165) is 69.4 Å². The van der Waals surface area contributed by atoms with Crippen LogP contribution in [-0.2, 0) is 0 Å². The lowest BCUT2D eigenvalue weighted by atomic mass is 10.1. The van der Waals surface area contributed by atoms with E-state index in [1.165, 1.54) is 4.90 Å². The molecule has 27 heavy (non-hydrogen) atoms. The Morgan fingerprint density at radius 3 is 2.33 bits per heavy atom. The van der Waals surface area contributed by atoms with E-state index in [1.807, 2.05) is 0 Å². The highest BCUT2D eigenvalue weighted by molar-refractivity contribution is 7.98. The van der Waals surface area contributed by atoms with E-state index >= 15 is 0 Å². The topological polar surface area (TPSA) is 35.5 Å². The number of nitrogens with zero attached hydrogens (tertiary/aromatic N) is 5. The predicted octanol–water partition coefficient (Wildman–Crippen LogP) is 3.33.